The molecular weight excluding hydrogens is 272 g/mol. The zero-order chi connectivity index (χ0) is 13.1. The first-order valence-electron chi connectivity index (χ1n) is 5.09. The second-order valence-electron chi connectivity index (χ2n) is 4.04. The van der Waals surface area contributed by atoms with Gasteiger partial charge >= 0.3 is 58.4 Å². The normalized spacial score (nSPS) is 11.2. The largest absolute Gasteiger partial charge is 1.00 e. The fourth-order valence-electron chi connectivity index (χ4n) is 1.45. The van der Waals surface area contributed by atoms with Gasteiger partial charge < -0.3 is 17.8 Å². The van der Waals surface area contributed by atoms with Gasteiger partial charge in [-0.3, -0.25) is 0 Å². The standard InChI is InChI=1S/C11H13BF4N.K/c1-9(12(14,15)16)7-17(2)8-10-4-3-5-11(13)6-10;/h3-6H,1,7-8H2,2H3;/q-1;+1. The van der Waals surface area contributed by atoms with Gasteiger partial charge in [0, 0.05) is 6.54 Å². The van der Waals surface area contributed by atoms with Gasteiger partial charge in [-0.15, -0.1) is 12.1 Å². The van der Waals surface area contributed by atoms with Gasteiger partial charge in [0.1, 0.15) is 5.82 Å². The van der Waals surface area contributed by atoms with E-state index < -0.39 is 18.3 Å². The van der Waals surface area contributed by atoms with Crippen LogP contribution in [0, 0.1) is 5.82 Å². The average molecular weight is 285 g/mol. The first-order valence-corrected chi connectivity index (χ1v) is 5.09. The van der Waals surface area contributed by atoms with E-state index in [2.05, 4.69) is 6.58 Å². The van der Waals surface area contributed by atoms with Crippen molar-refractivity contribution in [3.63, 3.8) is 0 Å². The summed E-state index contributed by atoms with van der Waals surface area (Å²) in [5.74, 6) is -0.394. The van der Waals surface area contributed by atoms with Crippen molar-refractivity contribution in [2.45, 2.75) is 6.54 Å². The number of rotatable bonds is 5. The maximum atomic E-state index is 12.9. The summed E-state index contributed by atoms with van der Waals surface area (Å²) in [7, 11) is 1.54. The number of halogens is 4. The summed E-state index contributed by atoms with van der Waals surface area (Å²) in [6, 6.07) is 5.79. The minimum atomic E-state index is -5.00. The number of hydrogen-bond donors (Lipinski definition) is 0. The molecule has 0 saturated carbocycles. The Hall–Kier alpha value is 0.341. The smallest absolute Gasteiger partial charge is 0.445 e. The molecule has 0 aliphatic carbocycles. The van der Waals surface area contributed by atoms with Crippen LogP contribution in [0.1, 0.15) is 5.56 Å². The molecule has 0 aromatic heterocycles. The Morgan fingerprint density at radius 3 is 2.44 bits per heavy atom. The van der Waals surface area contributed by atoms with E-state index in [-0.39, 0.29) is 64.5 Å². The molecule has 1 aromatic rings. The van der Waals surface area contributed by atoms with E-state index in [1.165, 1.54) is 30.1 Å². The zero-order valence-electron chi connectivity index (χ0n) is 10.5. The van der Waals surface area contributed by atoms with Crippen molar-refractivity contribution in [3.05, 3.63) is 47.7 Å². The molecule has 0 bridgehead atoms. The molecule has 1 nitrogen and oxygen atoms in total. The molecule has 18 heavy (non-hydrogen) atoms. The molecule has 0 aliphatic heterocycles. The predicted molar refractivity (Wildman–Crippen MR) is 61.0 cm³/mol. The zero-order valence-corrected chi connectivity index (χ0v) is 13.6. The molecule has 0 heterocycles. The molecule has 7 heteroatoms. The molecule has 0 N–H and O–H groups in total. The second kappa shape index (κ2) is 7.82. The van der Waals surface area contributed by atoms with Crippen molar-refractivity contribution in [3.8, 4) is 0 Å². The van der Waals surface area contributed by atoms with Crippen molar-refractivity contribution in [2.75, 3.05) is 13.6 Å². The van der Waals surface area contributed by atoms with E-state index in [0.29, 0.717) is 5.56 Å². The molecule has 0 atom stereocenters. The first-order chi connectivity index (χ1) is 7.79. The van der Waals surface area contributed by atoms with E-state index in [9.17, 15) is 17.3 Å². The Bertz CT molecular complexity index is 408. The molecule has 0 radical (unpaired) electrons. The van der Waals surface area contributed by atoms with Gasteiger partial charge in [-0.25, -0.2) is 4.39 Å². The number of hydrogen-bond acceptors (Lipinski definition) is 1. The number of benzene rings is 1. The van der Waals surface area contributed by atoms with Gasteiger partial charge in [0.25, 0.3) is 0 Å². The summed E-state index contributed by atoms with van der Waals surface area (Å²) in [4.78, 5) is 1.45. The van der Waals surface area contributed by atoms with Gasteiger partial charge in [-0.2, -0.15) is 0 Å². The van der Waals surface area contributed by atoms with Crippen LogP contribution >= 0.6 is 0 Å². The third-order valence-electron chi connectivity index (χ3n) is 2.28. The molecule has 1 aromatic carbocycles. The van der Waals surface area contributed by atoms with E-state index in [4.69, 9.17) is 0 Å². The van der Waals surface area contributed by atoms with Crippen LogP contribution in [-0.4, -0.2) is 25.5 Å². The second-order valence-corrected chi connectivity index (χ2v) is 4.04. The van der Waals surface area contributed by atoms with E-state index >= 15 is 0 Å². The average Bonchev–Trinajstić information content (AvgIpc) is 2.15. The Morgan fingerprint density at radius 2 is 1.94 bits per heavy atom. The Balaban J connectivity index is 0.00000289. The molecule has 0 saturated heterocycles. The van der Waals surface area contributed by atoms with Crippen LogP contribution in [0.2, 0.25) is 0 Å². The SMILES string of the molecule is C=C(CN(C)Cc1cccc(F)c1)[B-](F)(F)F.[K+]. The fourth-order valence-corrected chi connectivity index (χ4v) is 1.45. The Kier molecular flexibility index (Phi) is 7.96. The van der Waals surface area contributed by atoms with Crippen LogP contribution in [0.15, 0.2) is 36.3 Å². The van der Waals surface area contributed by atoms with Crippen molar-refractivity contribution < 1.29 is 68.7 Å². The van der Waals surface area contributed by atoms with Crippen molar-refractivity contribution in [1.29, 1.82) is 0 Å². The van der Waals surface area contributed by atoms with Gasteiger partial charge in [-0.05, 0) is 31.3 Å². The number of nitrogens with zero attached hydrogens (tertiary/aromatic N) is 1. The molecule has 1 rings (SSSR count). The summed E-state index contributed by atoms with van der Waals surface area (Å²) in [6.07, 6.45) is 0. The molecule has 0 spiro atoms. The predicted octanol–water partition coefficient (Wildman–Crippen LogP) is 0.204. The maximum Gasteiger partial charge on any atom is 1.00 e. The Morgan fingerprint density at radius 1 is 1.33 bits per heavy atom. The van der Waals surface area contributed by atoms with E-state index in [0.717, 1.165) is 0 Å². The van der Waals surface area contributed by atoms with E-state index in [1.807, 2.05) is 0 Å². The van der Waals surface area contributed by atoms with Gasteiger partial charge in [0.2, 0.25) is 0 Å². The number of likely N-dealkylation sites (N-methyl/N-ethyl adjacent to an activating group) is 1. The molecular formula is C11H13BF4KN. The molecule has 0 unspecified atom stereocenters. The maximum absolute atomic E-state index is 12.9. The van der Waals surface area contributed by atoms with Crippen LogP contribution in [0.4, 0.5) is 17.3 Å². The van der Waals surface area contributed by atoms with Crippen molar-refractivity contribution in [1.82, 2.24) is 4.90 Å². The van der Waals surface area contributed by atoms with Crippen LogP contribution in [0.3, 0.4) is 0 Å². The van der Waals surface area contributed by atoms with Crippen LogP contribution in [0.5, 0.6) is 0 Å². The van der Waals surface area contributed by atoms with Crippen molar-refractivity contribution >= 4 is 6.98 Å². The third-order valence-corrected chi connectivity index (χ3v) is 2.28. The monoisotopic (exact) mass is 285 g/mol. The molecule has 0 amide bonds. The van der Waals surface area contributed by atoms with Crippen LogP contribution in [-0.2, 0) is 6.54 Å². The quantitative estimate of drug-likeness (QED) is 0.552. The minimum absolute atomic E-state index is 0. The van der Waals surface area contributed by atoms with Gasteiger partial charge in [0.05, 0.1) is 0 Å². The third kappa shape index (κ3) is 6.49. The van der Waals surface area contributed by atoms with Crippen molar-refractivity contribution in [2.24, 2.45) is 0 Å². The fraction of sp³-hybridized carbons (Fsp3) is 0.273. The summed E-state index contributed by atoms with van der Waals surface area (Å²) in [5.41, 5.74) is -0.112. The van der Waals surface area contributed by atoms with Crippen LogP contribution < -0.4 is 51.4 Å². The van der Waals surface area contributed by atoms with Gasteiger partial charge in [-0.1, -0.05) is 12.1 Å². The molecule has 0 fully saturated rings. The molecule has 0 aliphatic rings. The molecule has 94 valence electrons. The van der Waals surface area contributed by atoms with E-state index in [1.54, 1.807) is 6.07 Å². The van der Waals surface area contributed by atoms with Crippen LogP contribution in [0.25, 0.3) is 0 Å². The summed E-state index contributed by atoms with van der Waals surface area (Å²) < 4.78 is 49.7. The topological polar surface area (TPSA) is 3.24 Å². The minimum Gasteiger partial charge on any atom is -0.445 e. The summed E-state index contributed by atoms with van der Waals surface area (Å²) in [5, 5.41) is 0. The first kappa shape index (κ1) is 18.3. The summed E-state index contributed by atoms with van der Waals surface area (Å²) >= 11 is 0. The Labute approximate surface area is 147 Å². The van der Waals surface area contributed by atoms with Gasteiger partial charge in [0.15, 0.2) is 0 Å². The summed E-state index contributed by atoms with van der Waals surface area (Å²) in [6.45, 7) is -2.00.